The number of hydrogen-bond acceptors (Lipinski definition) is 2. The highest BCUT2D eigenvalue weighted by molar-refractivity contribution is 8.10. The van der Waals surface area contributed by atoms with Crippen molar-refractivity contribution in [3.05, 3.63) is 0 Å². The smallest absolute Gasteiger partial charge is 0.212 e. The van der Waals surface area contributed by atoms with E-state index in [0.717, 1.165) is 25.9 Å². The summed E-state index contributed by atoms with van der Waals surface area (Å²) in [6, 6.07) is 0. The van der Waals surface area contributed by atoms with E-state index in [-0.39, 0.29) is 0 Å². The van der Waals surface area contributed by atoms with Gasteiger partial charge >= 0.3 is 0 Å². The lowest BCUT2D eigenvalue weighted by molar-refractivity contribution is -0.691. The van der Waals surface area contributed by atoms with Crippen LogP contribution in [-0.2, 0) is 12.8 Å². The largest absolute Gasteiger partial charge is 0.486 e. The third-order valence-corrected chi connectivity index (χ3v) is 3.63. The molecule has 0 radical (unpaired) electrons. The van der Waals surface area contributed by atoms with Gasteiger partial charge in [0.25, 0.3) is 0 Å². The summed E-state index contributed by atoms with van der Waals surface area (Å²) in [6.07, 6.45) is 4.60. The molecule has 78 valence electrons. The summed E-state index contributed by atoms with van der Waals surface area (Å²) in [4.78, 5) is 0. The molecule has 4 heteroatoms. The first-order valence-electron chi connectivity index (χ1n) is 4.88. The molecule has 0 aliphatic carbocycles. The molecule has 0 aliphatic rings. The molecule has 0 aromatic heterocycles. The fourth-order valence-corrected chi connectivity index (χ4v) is 1.77. The third-order valence-electron chi connectivity index (χ3n) is 2.09. The van der Waals surface area contributed by atoms with Crippen LogP contribution >= 0.6 is 24.8 Å². The van der Waals surface area contributed by atoms with Gasteiger partial charge in [0.1, 0.15) is 0 Å². The Kier molecular flexibility index (Phi) is 7.51. The van der Waals surface area contributed by atoms with Gasteiger partial charge in [-0.2, -0.15) is 0 Å². The van der Waals surface area contributed by atoms with E-state index >= 15 is 0 Å². The molecular weight excluding hydrogens is 218 g/mol. The number of hydrogen-bond donors (Lipinski definition) is 1. The van der Waals surface area contributed by atoms with Gasteiger partial charge in [0.2, 0.25) is 4.32 Å². The van der Waals surface area contributed by atoms with Crippen LogP contribution in [0.25, 0.3) is 0 Å². The van der Waals surface area contributed by atoms with Gasteiger partial charge in [-0.1, -0.05) is 39.3 Å². The van der Waals surface area contributed by atoms with Crippen LogP contribution in [0, 0.1) is 0 Å². The predicted molar refractivity (Wildman–Crippen MR) is 68.8 cm³/mol. The molecule has 0 rings (SSSR count). The number of thiol groups is 1. The van der Waals surface area contributed by atoms with Gasteiger partial charge < -0.3 is 16.7 Å². The maximum Gasteiger partial charge on any atom is 0.212 e. The Morgan fingerprint density at radius 2 is 1.62 bits per heavy atom. The third kappa shape index (κ3) is 5.25. The summed E-state index contributed by atoms with van der Waals surface area (Å²) >= 11 is 14.8. The summed E-state index contributed by atoms with van der Waals surface area (Å²) in [5, 5.41) is 0. The molecule has 0 heterocycles. The van der Waals surface area contributed by atoms with Crippen molar-refractivity contribution in [2.45, 2.75) is 39.5 Å². The molecule has 0 bridgehead atoms. The summed E-state index contributed by atoms with van der Waals surface area (Å²) in [7, 11) is 0. The van der Waals surface area contributed by atoms with Crippen LogP contribution in [0.5, 0.6) is 0 Å². The minimum atomic E-state index is 0.445. The second-order valence-corrected chi connectivity index (χ2v) is 5.14. The number of thiocarbonyl (C=S) groups is 1. The van der Waals surface area contributed by atoms with Crippen LogP contribution in [0.3, 0.4) is 0 Å². The second-order valence-electron chi connectivity index (χ2n) is 3.33. The van der Waals surface area contributed by atoms with Gasteiger partial charge in [-0.25, -0.2) is 0 Å². The number of rotatable bonds is 6. The average molecular weight is 237 g/mol. The maximum absolute atomic E-state index is 5.48. The Labute approximate surface area is 98.4 Å². The van der Waals surface area contributed by atoms with Gasteiger partial charge in [-0.3, -0.25) is 0 Å². The number of quaternary nitrogens is 1. The summed E-state index contributed by atoms with van der Waals surface area (Å²) in [5.41, 5.74) is 0. The molecule has 0 aliphatic heterocycles. The Hall–Kier alpha value is 0.750. The first kappa shape index (κ1) is 13.8. The highest BCUT2D eigenvalue weighted by Crippen LogP contribution is 2.13. The van der Waals surface area contributed by atoms with E-state index < -0.39 is 0 Å². The van der Waals surface area contributed by atoms with Crippen LogP contribution in [-0.4, -0.2) is 21.3 Å². The van der Waals surface area contributed by atoms with Crippen LogP contribution in [0.1, 0.15) is 39.5 Å². The summed E-state index contributed by atoms with van der Waals surface area (Å²) in [5.74, 6) is 0. The van der Waals surface area contributed by atoms with E-state index in [2.05, 4.69) is 26.5 Å². The lowest BCUT2D eigenvalue weighted by atomic mass is 10.3. The van der Waals surface area contributed by atoms with Crippen molar-refractivity contribution < 1.29 is 3.89 Å². The van der Waals surface area contributed by atoms with Gasteiger partial charge in [0.05, 0.1) is 13.1 Å². The molecule has 1 nitrogen and oxygen atoms in total. The molecule has 0 saturated carbocycles. The standard InChI is InChI=1S/C9H19NS3/c1-3-5-7-10(13,9(11)12)8-6-4-2/h3-8H2,1-2H3,(H,11,12). The lowest BCUT2D eigenvalue weighted by Gasteiger charge is -2.42. The molecule has 0 atom stereocenters. The molecule has 0 amide bonds. The highest BCUT2D eigenvalue weighted by Gasteiger charge is 2.16. The van der Waals surface area contributed by atoms with Crippen LogP contribution in [0.15, 0.2) is 0 Å². The van der Waals surface area contributed by atoms with Crippen molar-refractivity contribution in [1.82, 2.24) is 0 Å². The minimum absolute atomic E-state index is 0.445. The molecule has 0 unspecified atom stereocenters. The van der Waals surface area contributed by atoms with Crippen molar-refractivity contribution >= 4 is 42.0 Å². The zero-order valence-electron chi connectivity index (χ0n) is 8.45. The zero-order valence-corrected chi connectivity index (χ0v) is 11.0. The van der Waals surface area contributed by atoms with E-state index in [4.69, 9.17) is 25.0 Å². The summed E-state index contributed by atoms with van der Waals surface area (Å²) in [6.45, 7) is 6.24. The van der Waals surface area contributed by atoms with E-state index in [1.807, 2.05) is 0 Å². The van der Waals surface area contributed by atoms with Gasteiger partial charge in [0.15, 0.2) is 0 Å². The zero-order chi connectivity index (χ0) is 10.3. The first-order chi connectivity index (χ1) is 6.06. The number of nitrogens with zero attached hydrogens (tertiary/aromatic N) is 1. The fourth-order valence-electron chi connectivity index (χ4n) is 1.13. The van der Waals surface area contributed by atoms with Crippen molar-refractivity contribution in [3.8, 4) is 0 Å². The Balaban J connectivity index is 4.08. The summed E-state index contributed by atoms with van der Waals surface area (Å²) < 4.78 is 1.09. The maximum atomic E-state index is 5.48. The van der Waals surface area contributed by atoms with Gasteiger partial charge in [-0.15, -0.1) is 0 Å². The molecule has 0 aromatic rings. The average Bonchev–Trinajstić information content (AvgIpc) is 2.11. The van der Waals surface area contributed by atoms with Gasteiger partial charge in [0, 0.05) is 0 Å². The first-order valence-corrected chi connectivity index (χ1v) is 6.10. The van der Waals surface area contributed by atoms with Gasteiger partial charge in [-0.05, 0) is 25.1 Å². The van der Waals surface area contributed by atoms with E-state index in [1.165, 1.54) is 12.8 Å². The molecule has 0 spiro atoms. The normalized spacial score (nSPS) is 11.7. The molecule has 0 fully saturated rings. The molecule has 0 N–H and O–H groups in total. The lowest BCUT2D eigenvalue weighted by Crippen LogP contribution is -2.45. The van der Waals surface area contributed by atoms with Crippen molar-refractivity contribution in [2.75, 3.05) is 13.1 Å². The van der Waals surface area contributed by atoms with Crippen molar-refractivity contribution in [2.24, 2.45) is 0 Å². The Bertz CT molecular complexity index is 151. The second kappa shape index (κ2) is 7.10. The van der Waals surface area contributed by atoms with E-state index in [9.17, 15) is 0 Å². The Morgan fingerprint density at radius 3 is 1.85 bits per heavy atom. The van der Waals surface area contributed by atoms with Crippen LogP contribution in [0.4, 0.5) is 0 Å². The molecule has 0 aromatic carbocycles. The minimum Gasteiger partial charge on any atom is -0.486 e. The SMILES string of the molecule is CCCC[N+]([S-])(CCCC)C(=S)S. The Morgan fingerprint density at radius 1 is 1.23 bits per heavy atom. The molecule has 0 saturated heterocycles. The molecular formula is C9H19NS3. The van der Waals surface area contributed by atoms with E-state index in [1.54, 1.807) is 0 Å². The fraction of sp³-hybridized carbons (Fsp3) is 0.889. The topological polar surface area (TPSA) is 0 Å². The monoisotopic (exact) mass is 237 g/mol. The molecule has 13 heavy (non-hydrogen) atoms. The predicted octanol–water partition coefficient (Wildman–Crippen LogP) is 3.08. The highest BCUT2D eigenvalue weighted by atomic mass is 32.1. The van der Waals surface area contributed by atoms with Crippen LogP contribution < -0.4 is 0 Å². The quantitative estimate of drug-likeness (QED) is 0.326. The van der Waals surface area contributed by atoms with Crippen molar-refractivity contribution in [1.29, 1.82) is 0 Å². The van der Waals surface area contributed by atoms with Crippen LogP contribution in [0.2, 0.25) is 0 Å². The van der Waals surface area contributed by atoms with E-state index in [0.29, 0.717) is 8.21 Å². The number of unbranched alkanes of at least 4 members (excludes halogenated alkanes) is 2. The van der Waals surface area contributed by atoms with Crippen molar-refractivity contribution in [3.63, 3.8) is 0 Å².